The summed E-state index contributed by atoms with van der Waals surface area (Å²) in [6, 6.07) is 0. The van der Waals surface area contributed by atoms with Crippen LogP contribution in [-0.4, -0.2) is 44.7 Å². The summed E-state index contributed by atoms with van der Waals surface area (Å²) in [7, 11) is -3.04. The maximum absolute atomic E-state index is 12.0. The van der Waals surface area contributed by atoms with Crippen LogP contribution >= 0.6 is 0 Å². The average Bonchev–Trinajstić information content (AvgIpc) is 2.54. The number of hydrogen-bond donors (Lipinski definition) is 1. The highest BCUT2D eigenvalue weighted by molar-refractivity contribution is 7.89. The van der Waals surface area contributed by atoms with Crippen molar-refractivity contribution in [2.24, 2.45) is 5.41 Å². The molecule has 0 radical (unpaired) electrons. The van der Waals surface area contributed by atoms with Crippen LogP contribution in [0.4, 0.5) is 0 Å². The van der Waals surface area contributed by atoms with Gasteiger partial charge in [-0.2, -0.15) is 0 Å². The molecule has 0 bridgehead atoms. The molecule has 1 heterocycles. The van der Waals surface area contributed by atoms with Gasteiger partial charge < -0.3 is 5.32 Å². The summed E-state index contributed by atoms with van der Waals surface area (Å²) in [6.07, 6.45) is 2.01. The standard InChI is InChI=1S/C11H24N2O2S/c1-4-6-12-7-9-16(14,15)13-8-5-11(2,3)10-13/h12H,4-10H2,1-3H3. The third kappa shape index (κ3) is 4.03. The molecule has 1 N–H and O–H groups in total. The monoisotopic (exact) mass is 248 g/mol. The van der Waals surface area contributed by atoms with Gasteiger partial charge in [0.2, 0.25) is 10.0 Å². The smallest absolute Gasteiger partial charge is 0.215 e. The molecule has 1 rings (SSSR count). The van der Waals surface area contributed by atoms with E-state index in [-0.39, 0.29) is 11.2 Å². The number of rotatable bonds is 6. The highest BCUT2D eigenvalue weighted by Gasteiger charge is 2.35. The Morgan fingerprint density at radius 3 is 2.50 bits per heavy atom. The van der Waals surface area contributed by atoms with Crippen molar-refractivity contribution in [3.8, 4) is 0 Å². The van der Waals surface area contributed by atoms with Crippen LogP contribution in [0.25, 0.3) is 0 Å². The Labute approximate surface area is 99.5 Å². The highest BCUT2D eigenvalue weighted by Crippen LogP contribution is 2.30. The number of hydrogen-bond acceptors (Lipinski definition) is 3. The van der Waals surface area contributed by atoms with Crippen molar-refractivity contribution in [3.63, 3.8) is 0 Å². The molecule has 0 aromatic heterocycles. The van der Waals surface area contributed by atoms with Gasteiger partial charge in [-0.3, -0.25) is 0 Å². The number of sulfonamides is 1. The lowest BCUT2D eigenvalue weighted by Crippen LogP contribution is -2.35. The average molecular weight is 248 g/mol. The Morgan fingerprint density at radius 2 is 2.00 bits per heavy atom. The molecule has 96 valence electrons. The molecule has 1 fully saturated rings. The van der Waals surface area contributed by atoms with E-state index in [4.69, 9.17) is 0 Å². The van der Waals surface area contributed by atoms with Crippen LogP contribution < -0.4 is 5.32 Å². The van der Waals surface area contributed by atoms with Gasteiger partial charge in [0.15, 0.2) is 0 Å². The van der Waals surface area contributed by atoms with E-state index in [2.05, 4.69) is 26.1 Å². The topological polar surface area (TPSA) is 49.4 Å². The molecule has 0 amide bonds. The summed E-state index contributed by atoms with van der Waals surface area (Å²) in [4.78, 5) is 0. The fourth-order valence-corrected chi connectivity index (χ4v) is 3.51. The lowest BCUT2D eigenvalue weighted by atomic mass is 9.93. The van der Waals surface area contributed by atoms with Gasteiger partial charge in [-0.1, -0.05) is 20.8 Å². The van der Waals surface area contributed by atoms with E-state index in [0.29, 0.717) is 19.6 Å². The zero-order valence-electron chi connectivity index (χ0n) is 10.6. The van der Waals surface area contributed by atoms with Crippen LogP contribution in [0.15, 0.2) is 0 Å². The van der Waals surface area contributed by atoms with Crippen LogP contribution in [0.3, 0.4) is 0 Å². The van der Waals surface area contributed by atoms with Gasteiger partial charge in [-0.25, -0.2) is 12.7 Å². The summed E-state index contributed by atoms with van der Waals surface area (Å²) in [5.41, 5.74) is 0.143. The Morgan fingerprint density at radius 1 is 1.31 bits per heavy atom. The summed E-state index contributed by atoms with van der Waals surface area (Å²) in [5.74, 6) is 0.225. The predicted molar refractivity (Wildman–Crippen MR) is 66.9 cm³/mol. The molecule has 4 nitrogen and oxygen atoms in total. The minimum Gasteiger partial charge on any atom is -0.316 e. The first kappa shape index (κ1) is 13.9. The first-order valence-electron chi connectivity index (χ1n) is 6.06. The predicted octanol–water partition coefficient (Wildman–Crippen LogP) is 1.05. The van der Waals surface area contributed by atoms with Crippen LogP contribution in [0, 0.1) is 5.41 Å². The molecule has 0 spiro atoms. The Hall–Kier alpha value is -0.130. The zero-order valence-corrected chi connectivity index (χ0v) is 11.4. The minimum absolute atomic E-state index is 0.143. The molecule has 16 heavy (non-hydrogen) atoms. The van der Waals surface area contributed by atoms with E-state index in [1.165, 1.54) is 0 Å². The van der Waals surface area contributed by atoms with Crippen LogP contribution in [0.1, 0.15) is 33.6 Å². The van der Waals surface area contributed by atoms with Crippen LogP contribution in [0.5, 0.6) is 0 Å². The van der Waals surface area contributed by atoms with Gasteiger partial charge in [-0.15, -0.1) is 0 Å². The molecule has 0 aromatic carbocycles. The molecule has 0 atom stereocenters. The van der Waals surface area contributed by atoms with Gasteiger partial charge in [0.05, 0.1) is 5.75 Å². The van der Waals surface area contributed by atoms with E-state index < -0.39 is 10.0 Å². The zero-order chi connectivity index (χ0) is 12.2. The first-order valence-corrected chi connectivity index (χ1v) is 7.67. The fourth-order valence-electron chi connectivity index (χ4n) is 1.93. The van der Waals surface area contributed by atoms with E-state index in [0.717, 1.165) is 19.4 Å². The van der Waals surface area contributed by atoms with Gasteiger partial charge in [0, 0.05) is 19.6 Å². The molecule has 0 saturated carbocycles. The van der Waals surface area contributed by atoms with Crippen LogP contribution in [-0.2, 0) is 10.0 Å². The van der Waals surface area contributed by atoms with Crippen molar-refractivity contribution < 1.29 is 8.42 Å². The molecular formula is C11H24N2O2S. The molecule has 0 unspecified atom stereocenters. The molecular weight excluding hydrogens is 224 g/mol. The van der Waals surface area contributed by atoms with Crippen LogP contribution in [0.2, 0.25) is 0 Å². The largest absolute Gasteiger partial charge is 0.316 e. The fraction of sp³-hybridized carbons (Fsp3) is 1.00. The molecule has 0 aromatic rings. The maximum Gasteiger partial charge on any atom is 0.215 e. The van der Waals surface area contributed by atoms with Crippen molar-refractivity contribution >= 4 is 10.0 Å². The molecule has 5 heteroatoms. The normalized spacial score (nSPS) is 21.4. The van der Waals surface area contributed by atoms with E-state index in [1.807, 2.05) is 0 Å². The lowest BCUT2D eigenvalue weighted by molar-refractivity contribution is 0.375. The van der Waals surface area contributed by atoms with E-state index in [9.17, 15) is 8.42 Å². The Kier molecular flexibility index (Phi) is 4.76. The first-order chi connectivity index (χ1) is 7.37. The van der Waals surface area contributed by atoms with E-state index >= 15 is 0 Å². The van der Waals surface area contributed by atoms with Crippen molar-refractivity contribution in [1.29, 1.82) is 0 Å². The van der Waals surface area contributed by atoms with Crippen molar-refractivity contribution in [3.05, 3.63) is 0 Å². The quantitative estimate of drug-likeness (QED) is 0.715. The molecule has 0 aliphatic carbocycles. The second-order valence-electron chi connectivity index (χ2n) is 5.31. The summed E-state index contributed by atoms with van der Waals surface area (Å²) in [5, 5.41) is 3.13. The SMILES string of the molecule is CCCNCCS(=O)(=O)N1CCC(C)(C)C1. The van der Waals surface area contributed by atoms with Gasteiger partial charge >= 0.3 is 0 Å². The molecule has 1 aliphatic rings. The Balaban J connectivity index is 2.40. The highest BCUT2D eigenvalue weighted by atomic mass is 32.2. The summed E-state index contributed by atoms with van der Waals surface area (Å²) in [6.45, 7) is 9.13. The van der Waals surface area contributed by atoms with Crippen molar-refractivity contribution in [2.75, 3.05) is 31.9 Å². The van der Waals surface area contributed by atoms with Gasteiger partial charge in [0.25, 0.3) is 0 Å². The van der Waals surface area contributed by atoms with E-state index in [1.54, 1.807) is 4.31 Å². The third-order valence-corrected chi connectivity index (χ3v) is 4.82. The molecule has 1 saturated heterocycles. The van der Waals surface area contributed by atoms with Crippen molar-refractivity contribution in [1.82, 2.24) is 9.62 Å². The lowest BCUT2D eigenvalue weighted by Gasteiger charge is -2.19. The number of nitrogens with zero attached hydrogens (tertiary/aromatic N) is 1. The molecule has 1 aliphatic heterocycles. The second kappa shape index (κ2) is 5.47. The van der Waals surface area contributed by atoms with Crippen molar-refractivity contribution in [2.45, 2.75) is 33.6 Å². The second-order valence-corrected chi connectivity index (χ2v) is 7.40. The third-order valence-electron chi connectivity index (χ3n) is 3.00. The summed E-state index contributed by atoms with van der Waals surface area (Å²) >= 11 is 0. The Bertz CT molecular complexity index is 312. The number of nitrogens with one attached hydrogen (secondary N) is 1. The minimum atomic E-state index is -3.04. The summed E-state index contributed by atoms with van der Waals surface area (Å²) < 4.78 is 25.6. The van der Waals surface area contributed by atoms with Gasteiger partial charge in [0.1, 0.15) is 0 Å². The van der Waals surface area contributed by atoms with Gasteiger partial charge in [-0.05, 0) is 24.8 Å². The maximum atomic E-state index is 12.0.